The first-order valence-corrected chi connectivity index (χ1v) is 5.56. The minimum absolute atomic E-state index is 0.0210. The van der Waals surface area contributed by atoms with Crippen LogP contribution in [0.15, 0.2) is 10.6 Å². The average molecular weight is 274 g/mol. The SMILES string of the molecule is Cc1cnc(C(C)Nc2nc(Cl)nnc2Cl)o1. The number of aromatic nitrogens is 4. The van der Waals surface area contributed by atoms with E-state index in [1.807, 2.05) is 13.8 Å². The predicted octanol–water partition coefficient (Wildman–Crippen LogP) is 2.65. The normalized spacial score (nSPS) is 12.5. The van der Waals surface area contributed by atoms with Gasteiger partial charge in [0.25, 0.3) is 0 Å². The zero-order chi connectivity index (χ0) is 12.4. The standard InChI is InChI=1S/C9H9Cl2N5O/c1-4-3-12-8(17-4)5(2)13-7-6(10)15-16-9(11)14-7/h3,5H,1-2H3,(H,13,14,16). The molecule has 1 atom stereocenters. The van der Waals surface area contributed by atoms with E-state index >= 15 is 0 Å². The maximum atomic E-state index is 5.82. The van der Waals surface area contributed by atoms with Crippen molar-refractivity contribution < 1.29 is 4.42 Å². The summed E-state index contributed by atoms with van der Waals surface area (Å²) in [6.45, 7) is 3.68. The molecular weight excluding hydrogens is 265 g/mol. The van der Waals surface area contributed by atoms with E-state index in [4.69, 9.17) is 27.6 Å². The third-order valence-electron chi connectivity index (χ3n) is 1.98. The van der Waals surface area contributed by atoms with Crippen LogP contribution in [-0.4, -0.2) is 20.2 Å². The fourth-order valence-corrected chi connectivity index (χ4v) is 1.48. The number of nitrogens with zero attached hydrogens (tertiary/aromatic N) is 4. The van der Waals surface area contributed by atoms with E-state index in [1.165, 1.54) is 0 Å². The summed E-state index contributed by atoms with van der Waals surface area (Å²) in [6.07, 6.45) is 1.64. The van der Waals surface area contributed by atoms with Crippen molar-refractivity contribution >= 4 is 29.0 Å². The number of hydrogen-bond donors (Lipinski definition) is 1. The molecule has 90 valence electrons. The van der Waals surface area contributed by atoms with Gasteiger partial charge < -0.3 is 9.73 Å². The Labute approximate surface area is 107 Å². The molecule has 0 saturated heterocycles. The van der Waals surface area contributed by atoms with Crippen molar-refractivity contribution in [1.82, 2.24) is 20.2 Å². The molecule has 0 aliphatic heterocycles. The summed E-state index contributed by atoms with van der Waals surface area (Å²) in [7, 11) is 0. The Morgan fingerprint density at radius 1 is 1.35 bits per heavy atom. The fourth-order valence-electron chi connectivity index (χ4n) is 1.22. The third kappa shape index (κ3) is 2.83. The van der Waals surface area contributed by atoms with Gasteiger partial charge in [-0.2, -0.15) is 4.98 Å². The van der Waals surface area contributed by atoms with Crippen molar-refractivity contribution in [2.75, 3.05) is 5.32 Å². The molecule has 0 aliphatic rings. The van der Waals surface area contributed by atoms with E-state index in [0.29, 0.717) is 11.7 Å². The lowest BCUT2D eigenvalue weighted by molar-refractivity contribution is 0.453. The Morgan fingerprint density at radius 3 is 2.76 bits per heavy atom. The first-order chi connectivity index (χ1) is 8.06. The maximum Gasteiger partial charge on any atom is 0.245 e. The molecule has 2 rings (SSSR count). The summed E-state index contributed by atoms with van der Waals surface area (Å²) in [5.41, 5.74) is 0. The van der Waals surface area contributed by atoms with Crippen LogP contribution >= 0.6 is 23.2 Å². The van der Waals surface area contributed by atoms with Gasteiger partial charge in [-0.1, -0.05) is 11.6 Å². The second kappa shape index (κ2) is 4.85. The summed E-state index contributed by atoms with van der Waals surface area (Å²) in [5.74, 6) is 1.61. The zero-order valence-electron chi connectivity index (χ0n) is 9.11. The number of nitrogens with one attached hydrogen (secondary N) is 1. The molecule has 0 spiro atoms. The molecule has 2 aromatic heterocycles. The third-order valence-corrected chi connectivity index (χ3v) is 2.40. The van der Waals surface area contributed by atoms with Crippen molar-refractivity contribution in [2.45, 2.75) is 19.9 Å². The molecule has 0 bridgehead atoms. The summed E-state index contributed by atoms with van der Waals surface area (Å²) < 4.78 is 5.37. The van der Waals surface area contributed by atoms with Gasteiger partial charge in [0.1, 0.15) is 11.8 Å². The van der Waals surface area contributed by atoms with Crippen LogP contribution in [0.4, 0.5) is 5.82 Å². The highest BCUT2D eigenvalue weighted by Gasteiger charge is 2.14. The van der Waals surface area contributed by atoms with Gasteiger partial charge in [0.2, 0.25) is 11.2 Å². The van der Waals surface area contributed by atoms with Crippen LogP contribution in [0.1, 0.15) is 24.6 Å². The van der Waals surface area contributed by atoms with Crippen molar-refractivity contribution in [3.8, 4) is 0 Å². The Kier molecular flexibility index (Phi) is 3.44. The summed E-state index contributed by atoms with van der Waals surface area (Å²) in [6, 6.07) is -0.200. The number of hydrogen-bond acceptors (Lipinski definition) is 6. The molecule has 2 heterocycles. The highest BCUT2D eigenvalue weighted by molar-refractivity contribution is 6.32. The average Bonchev–Trinajstić information content (AvgIpc) is 2.70. The summed E-state index contributed by atoms with van der Waals surface area (Å²) in [5, 5.41) is 10.3. The van der Waals surface area contributed by atoms with E-state index in [1.54, 1.807) is 6.20 Å². The zero-order valence-corrected chi connectivity index (χ0v) is 10.6. The van der Waals surface area contributed by atoms with Gasteiger partial charge in [-0.15, -0.1) is 10.2 Å². The topological polar surface area (TPSA) is 76.7 Å². The summed E-state index contributed by atoms with van der Waals surface area (Å²) in [4.78, 5) is 8.02. The number of halogens is 2. The molecule has 1 unspecified atom stereocenters. The second-order valence-electron chi connectivity index (χ2n) is 3.40. The fraction of sp³-hybridized carbons (Fsp3) is 0.333. The van der Waals surface area contributed by atoms with E-state index in [9.17, 15) is 0 Å². The van der Waals surface area contributed by atoms with Gasteiger partial charge in [0.15, 0.2) is 11.0 Å². The highest BCUT2D eigenvalue weighted by Crippen LogP contribution is 2.22. The van der Waals surface area contributed by atoms with E-state index in [-0.39, 0.29) is 16.5 Å². The number of oxazole rings is 1. The molecule has 17 heavy (non-hydrogen) atoms. The van der Waals surface area contributed by atoms with Gasteiger partial charge >= 0.3 is 0 Å². The van der Waals surface area contributed by atoms with Gasteiger partial charge in [-0.05, 0) is 25.4 Å². The van der Waals surface area contributed by atoms with Gasteiger partial charge in [-0.3, -0.25) is 0 Å². The minimum atomic E-state index is -0.200. The second-order valence-corrected chi connectivity index (χ2v) is 4.09. The summed E-state index contributed by atoms with van der Waals surface area (Å²) >= 11 is 11.5. The van der Waals surface area contributed by atoms with Crippen LogP contribution in [-0.2, 0) is 0 Å². The minimum Gasteiger partial charge on any atom is -0.444 e. The smallest absolute Gasteiger partial charge is 0.245 e. The van der Waals surface area contributed by atoms with Crippen molar-refractivity contribution in [3.63, 3.8) is 0 Å². The molecule has 6 nitrogen and oxygen atoms in total. The lowest BCUT2D eigenvalue weighted by Crippen LogP contribution is -2.10. The lowest BCUT2D eigenvalue weighted by Gasteiger charge is -2.11. The van der Waals surface area contributed by atoms with E-state index in [0.717, 1.165) is 5.76 Å². The van der Waals surface area contributed by atoms with E-state index < -0.39 is 0 Å². The number of aryl methyl sites for hydroxylation is 1. The number of anilines is 1. The molecule has 0 radical (unpaired) electrons. The Hall–Kier alpha value is -1.40. The van der Waals surface area contributed by atoms with Gasteiger partial charge in [0.05, 0.1) is 6.20 Å². The first-order valence-electron chi connectivity index (χ1n) is 4.81. The predicted molar refractivity (Wildman–Crippen MR) is 63.1 cm³/mol. The molecule has 8 heteroatoms. The van der Waals surface area contributed by atoms with E-state index in [2.05, 4.69) is 25.5 Å². The number of rotatable bonds is 3. The molecule has 0 aromatic carbocycles. The van der Waals surface area contributed by atoms with Crippen LogP contribution in [0.3, 0.4) is 0 Å². The quantitative estimate of drug-likeness (QED) is 0.927. The van der Waals surface area contributed by atoms with Crippen LogP contribution in [0, 0.1) is 6.92 Å². The maximum absolute atomic E-state index is 5.82. The van der Waals surface area contributed by atoms with Crippen molar-refractivity contribution in [1.29, 1.82) is 0 Å². The molecule has 1 N–H and O–H groups in total. The molecular formula is C9H9Cl2N5O. The van der Waals surface area contributed by atoms with Crippen molar-refractivity contribution in [2.24, 2.45) is 0 Å². The molecule has 0 saturated carbocycles. The van der Waals surface area contributed by atoms with Gasteiger partial charge in [0, 0.05) is 0 Å². The Morgan fingerprint density at radius 2 is 2.12 bits per heavy atom. The van der Waals surface area contributed by atoms with Crippen molar-refractivity contribution in [3.05, 3.63) is 28.3 Å². The highest BCUT2D eigenvalue weighted by atomic mass is 35.5. The van der Waals surface area contributed by atoms with Crippen LogP contribution in [0.25, 0.3) is 0 Å². The lowest BCUT2D eigenvalue weighted by atomic mass is 10.3. The molecule has 0 fully saturated rings. The van der Waals surface area contributed by atoms with Gasteiger partial charge in [-0.25, -0.2) is 4.98 Å². The Bertz CT molecular complexity index is 530. The van der Waals surface area contributed by atoms with Crippen LogP contribution in [0.5, 0.6) is 0 Å². The Balaban J connectivity index is 2.18. The van der Waals surface area contributed by atoms with Crippen LogP contribution in [0.2, 0.25) is 10.4 Å². The molecule has 0 aliphatic carbocycles. The monoisotopic (exact) mass is 273 g/mol. The first kappa shape index (κ1) is 12.1. The molecule has 0 amide bonds. The largest absolute Gasteiger partial charge is 0.444 e. The molecule has 2 aromatic rings. The van der Waals surface area contributed by atoms with Crippen LogP contribution < -0.4 is 5.32 Å².